The van der Waals surface area contributed by atoms with Crippen molar-refractivity contribution in [2.75, 3.05) is 18.6 Å². The lowest BCUT2D eigenvalue weighted by Crippen LogP contribution is -2.48. The Hall–Kier alpha value is -1.56. The summed E-state index contributed by atoms with van der Waals surface area (Å²) >= 11 is 0. The van der Waals surface area contributed by atoms with Crippen LogP contribution < -0.4 is 0 Å². The molecule has 0 saturated carbocycles. The number of nitrogens with zero attached hydrogens (tertiary/aromatic N) is 2. The number of urea groups is 1. The topological polar surface area (TPSA) is 57.7 Å². The first kappa shape index (κ1) is 16.8. The Kier molecular flexibility index (Phi) is 5.11. The van der Waals surface area contributed by atoms with E-state index in [9.17, 15) is 13.2 Å². The van der Waals surface area contributed by atoms with Gasteiger partial charge in [-0.1, -0.05) is 30.3 Å². The first-order valence-corrected chi connectivity index (χ1v) is 9.40. The highest BCUT2D eigenvalue weighted by atomic mass is 32.2. The summed E-state index contributed by atoms with van der Waals surface area (Å²) in [6, 6.07) is 9.55. The molecule has 1 heterocycles. The van der Waals surface area contributed by atoms with Gasteiger partial charge < -0.3 is 9.80 Å². The monoisotopic (exact) mass is 324 g/mol. The van der Waals surface area contributed by atoms with Crippen LogP contribution in [0.1, 0.15) is 25.8 Å². The highest BCUT2D eigenvalue weighted by Crippen LogP contribution is 2.19. The van der Waals surface area contributed by atoms with E-state index in [1.54, 1.807) is 16.8 Å². The van der Waals surface area contributed by atoms with E-state index in [-0.39, 0.29) is 29.6 Å². The van der Waals surface area contributed by atoms with Gasteiger partial charge >= 0.3 is 6.03 Å². The number of rotatable bonds is 4. The van der Waals surface area contributed by atoms with Gasteiger partial charge in [-0.3, -0.25) is 0 Å². The van der Waals surface area contributed by atoms with E-state index < -0.39 is 9.84 Å². The Morgan fingerprint density at radius 1 is 1.27 bits per heavy atom. The minimum Gasteiger partial charge on any atom is -0.324 e. The number of hydrogen-bond donors (Lipinski definition) is 0. The van der Waals surface area contributed by atoms with E-state index in [1.165, 1.54) is 0 Å². The predicted molar refractivity (Wildman–Crippen MR) is 87.3 cm³/mol. The second kappa shape index (κ2) is 6.69. The van der Waals surface area contributed by atoms with Crippen molar-refractivity contribution in [2.24, 2.45) is 0 Å². The molecule has 0 bridgehead atoms. The molecule has 2 rings (SSSR count). The summed E-state index contributed by atoms with van der Waals surface area (Å²) in [7, 11) is -1.29. The van der Waals surface area contributed by atoms with Crippen LogP contribution >= 0.6 is 0 Å². The largest absolute Gasteiger partial charge is 0.324 e. The first-order valence-electron chi connectivity index (χ1n) is 7.58. The molecule has 0 aliphatic carbocycles. The highest BCUT2D eigenvalue weighted by Gasteiger charge is 2.34. The second-order valence-corrected chi connectivity index (χ2v) is 8.39. The van der Waals surface area contributed by atoms with E-state index >= 15 is 0 Å². The van der Waals surface area contributed by atoms with Gasteiger partial charge in [-0.25, -0.2) is 13.2 Å². The molecular weight excluding hydrogens is 300 g/mol. The average molecular weight is 324 g/mol. The summed E-state index contributed by atoms with van der Waals surface area (Å²) in [4.78, 5) is 16.1. The molecule has 122 valence electrons. The summed E-state index contributed by atoms with van der Waals surface area (Å²) in [5.41, 5.74) is 1.07. The van der Waals surface area contributed by atoms with Gasteiger partial charge in [-0.15, -0.1) is 0 Å². The van der Waals surface area contributed by atoms with Gasteiger partial charge in [0.2, 0.25) is 0 Å². The van der Waals surface area contributed by atoms with E-state index in [2.05, 4.69) is 0 Å². The maximum absolute atomic E-state index is 12.7. The van der Waals surface area contributed by atoms with Crippen LogP contribution in [-0.2, 0) is 16.4 Å². The highest BCUT2D eigenvalue weighted by molar-refractivity contribution is 7.91. The van der Waals surface area contributed by atoms with E-state index in [0.29, 0.717) is 13.0 Å². The molecule has 22 heavy (non-hydrogen) atoms. The van der Waals surface area contributed by atoms with Gasteiger partial charge in [0.1, 0.15) is 0 Å². The molecule has 0 N–H and O–H groups in total. The third-order valence-electron chi connectivity index (χ3n) is 4.12. The van der Waals surface area contributed by atoms with E-state index in [1.807, 2.05) is 44.2 Å². The average Bonchev–Trinajstić information content (AvgIpc) is 2.84. The summed E-state index contributed by atoms with van der Waals surface area (Å²) in [5.74, 6) is 0.252. The Morgan fingerprint density at radius 2 is 1.91 bits per heavy atom. The van der Waals surface area contributed by atoms with Crippen molar-refractivity contribution in [1.29, 1.82) is 0 Å². The van der Waals surface area contributed by atoms with Crippen molar-refractivity contribution in [3.05, 3.63) is 35.9 Å². The van der Waals surface area contributed by atoms with Crippen LogP contribution in [-0.4, -0.2) is 54.9 Å². The van der Waals surface area contributed by atoms with Crippen LogP contribution in [0.3, 0.4) is 0 Å². The molecule has 0 aromatic heterocycles. The van der Waals surface area contributed by atoms with Crippen molar-refractivity contribution in [3.8, 4) is 0 Å². The third-order valence-corrected chi connectivity index (χ3v) is 5.87. The summed E-state index contributed by atoms with van der Waals surface area (Å²) in [6.45, 7) is 4.47. The Balaban J connectivity index is 2.09. The molecule has 2 amide bonds. The van der Waals surface area contributed by atoms with E-state index in [0.717, 1.165) is 5.56 Å². The lowest BCUT2D eigenvalue weighted by Gasteiger charge is -2.34. The number of hydrogen-bond acceptors (Lipinski definition) is 3. The van der Waals surface area contributed by atoms with Gasteiger partial charge in [-0.05, 0) is 25.8 Å². The van der Waals surface area contributed by atoms with Crippen molar-refractivity contribution < 1.29 is 13.2 Å². The molecule has 1 aliphatic rings. The zero-order valence-corrected chi connectivity index (χ0v) is 14.2. The molecule has 1 aromatic rings. The lowest BCUT2D eigenvalue weighted by molar-refractivity contribution is 0.134. The van der Waals surface area contributed by atoms with Crippen molar-refractivity contribution in [3.63, 3.8) is 0 Å². The molecule has 6 heteroatoms. The molecule has 1 aromatic carbocycles. The fourth-order valence-electron chi connectivity index (χ4n) is 2.69. The van der Waals surface area contributed by atoms with Crippen LogP contribution in [0.15, 0.2) is 30.3 Å². The molecule has 1 saturated heterocycles. The van der Waals surface area contributed by atoms with Crippen LogP contribution in [0.2, 0.25) is 0 Å². The smallest absolute Gasteiger partial charge is 0.320 e. The number of amides is 2. The molecule has 1 atom stereocenters. The lowest BCUT2D eigenvalue weighted by atomic mass is 10.2. The van der Waals surface area contributed by atoms with Crippen LogP contribution in [0.5, 0.6) is 0 Å². The summed E-state index contributed by atoms with van der Waals surface area (Å²) < 4.78 is 23.2. The normalized spacial score (nSPS) is 20.1. The standard InChI is InChI=1S/C16H24N2O3S/c1-13(2)18(11-14-7-5-4-6-8-14)16(19)17(3)15-9-10-22(20,21)12-15/h4-8,13,15H,9-12H2,1-3H3. The van der Waals surface area contributed by atoms with Gasteiger partial charge in [-0.2, -0.15) is 0 Å². The van der Waals surface area contributed by atoms with Gasteiger partial charge in [0.25, 0.3) is 0 Å². The minimum atomic E-state index is -2.99. The SMILES string of the molecule is CC(C)N(Cc1ccccc1)C(=O)N(C)C1CCS(=O)(=O)C1. The number of carbonyl (C=O) groups excluding carboxylic acids is 1. The number of sulfone groups is 1. The fourth-order valence-corrected chi connectivity index (χ4v) is 4.47. The van der Waals surface area contributed by atoms with Gasteiger partial charge in [0.05, 0.1) is 11.5 Å². The Morgan fingerprint density at radius 3 is 2.41 bits per heavy atom. The van der Waals surface area contributed by atoms with Crippen molar-refractivity contribution in [2.45, 2.75) is 38.9 Å². The van der Waals surface area contributed by atoms with E-state index in [4.69, 9.17) is 0 Å². The van der Waals surface area contributed by atoms with Crippen molar-refractivity contribution >= 4 is 15.9 Å². The van der Waals surface area contributed by atoms with Crippen LogP contribution in [0, 0.1) is 0 Å². The molecule has 1 fully saturated rings. The van der Waals surface area contributed by atoms with Gasteiger partial charge in [0, 0.05) is 25.7 Å². The second-order valence-electron chi connectivity index (χ2n) is 6.16. The molecular formula is C16H24N2O3S. The minimum absolute atomic E-state index is 0.0492. The zero-order valence-electron chi connectivity index (χ0n) is 13.4. The maximum Gasteiger partial charge on any atom is 0.320 e. The predicted octanol–water partition coefficient (Wildman–Crippen LogP) is 2.14. The Bertz CT molecular complexity index is 614. The zero-order chi connectivity index (χ0) is 16.3. The van der Waals surface area contributed by atoms with Crippen LogP contribution in [0.4, 0.5) is 4.79 Å². The Labute approximate surface area is 132 Å². The third kappa shape index (κ3) is 4.00. The summed E-state index contributed by atoms with van der Waals surface area (Å²) in [5, 5.41) is 0. The number of carbonyl (C=O) groups is 1. The molecule has 1 unspecified atom stereocenters. The molecule has 5 nitrogen and oxygen atoms in total. The maximum atomic E-state index is 12.7. The fraction of sp³-hybridized carbons (Fsp3) is 0.562. The molecule has 0 radical (unpaired) electrons. The number of benzene rings is 1. The molecule has 1 aliphatic heterocycles. The van der Waals surface area contributed by atoms with Crippen molar-refractivity contribution in [1.82, 2.24) is 9.80 Å². The van der Waals surface area contributed by atoms with Crippen LogP contribution in [0.25, 0.3) is 0 Å². The first-order chi connectivity index (χ1) is 10.3. The summed E-state index contributed by atoms with van der Waals surface area (Å²) in [6.07, 6.45) is 0.530. The molecule has 0 spiro atoms. The quantitative estimate of drug-likeness (QED) is 0.852. The van der Waals surface area contributed by atoms with Gasteiger partial charge in [0.15, 0.2) is 9.84 Å².